The lowest BCUT2D eigenvalue weighted by Gasteiger charge is -2.33. The van der Waals surface area contributed by atoms with Crippen molar-refractivity contribution in [3.8, 4) is 12.3 Å². The van der Waals surface area contributed by atoms with E-state index in [0.717, 1.165) is 0 Å². The Bertz CT molecular complexity index is 340. The van der Waals surface area contributed by atoms with Crippen molar-refractivity contribution in [2.24, 2.45) is 0 Å². The topological polar surface area (TPSA) is 49.4 Å². The van der Waals surface area contributed by atoms with Crippen LogP contribution in [-0.2, 0) is 9.59 Å². The maximum Gasteiger partial charge on any atom is 0.248 e. The van der Waals surface area contributed by atoms with Crippen molar-refractivity contribution in [3.63, 3.8) is 0 Å². The van der Waals surface area contributed by atoms with Gasteiger partial charge in [-0.15, -0.1) is 12.3 Å². The summed E-state index contributed by atoms with van der Waals surface area (Å²) in [4.78, 5) is 25.8. The lowest BCUT2D eigenvalue weighted by molar-refractivity contribution is -0.139. The van der Waals surface area contributed by atoms with Crippen LogP contribution in [0.25, 0.3) is 0 Å². The highest BCUT2D eigenvalue weighted by atomic mass is 16.2. The van der Waals surface area contributed by atoms with Crippen LogP contribution in [0.5, 0.6) is 0 Å². The normalized spacial score (nSPS) is 19.5. The molecule has 0 atom stereocenters. The van der Waals surface area contributed by atoms with E-state index in [2.05, 4.69) is 11.2 Å². The van der Waals surface area contributed by atoms with E-state index in [0.29, 0.717) is 38.8 Å². The molecule has 1 fully saturated rings. The van der Waals surface area contributed by atoms with Crippen LogP contribution >= 0.6 is 0 Å². The van der Waals surface area contributed by atoms with Gasteiger partial charge in [0.25, 0.3) is 0 Å². The Balaban J connectivity index is 2.92. The van der Waals surface area contributed by atoms with Crippen molar-refractivity contribution in [1.82, 2.24) is 10.2 Å². The Morgan fingerprint density at radius 3 is 2.59 bits per heavy atom. The van der Waals surface area contributed by atoms with E-state index in [1.165, 1.54) is 0 Å². The Morgan fingerprint density at radius 2 is 2.06 bits per heavy atom. The quantitative estimate of drug-likeness (QED) is 0.738. The third-order valence-electron chi connectivity index (χ3n) is 3.42. The number of nitrogens with zero attached hydrogens (tertiary/aromatic N) is 1. The third kappa shape index (κ3) is 2.79. The molecule has 1 aliphatic heterocycles. The van der Waals surface area contributed by atoms with Gasteiger partial charge in [-0.1, -0.05) is 13.8 Å². The number of nitrogens with one attached hydrogen (secondary N) is 1. The highest BCUT2D eigenvalue weighted by molar-refractivity contribution is 5.93. The molecule has 4 nitrogen and oxygen atoms in total. The number of hydrogen-bond donors (Lipinski definition) is 1. The van der Waals surface area contributed by atoms with Gasteiger partial charge < -0.3 is 10.2 Å². The highest BCUT2D eigenvalue weighted by Crippen LogP contribution is 2.21. The van der Waals surface area contributed by atoms with E-state index in [-0.39, 0.29) is 11.8 Å². The zero-order chi connectivity index (χ0) is 12.9. The largest absolute Gasteiger partial charge is 0.342 e. The number of carbonyl (C=O) groups excluding carboxylic acids is 2. The lowest BCUT2D eigenvalue weighted by Crippen LogP contribution is -2.56. The van der Waals surface area contributed by atoms with Crippen LogP contribution in [0.3, 0.4) is 0 Å². The summed E-state index contributed by atoms with van der Waals surface area (Å²) in [5.41, 5.74) is -0.734. The molecule has 0 spiro atoms. The molecule has 1 heterocycles. The Hall–Kier alpha value is -1.50. The Labute approximate surface area is 103 Å². The maximum atomic E-state index is 12.4. The average Bonchev–Trinajstić information content (AvgIpc) is 2.46. The van der Waals surface area contributed by atoms with Crippen molar-refractivity contribution in [3.05, 3.63) is 0 Å². The molecule has 0 saturated carbocycles. The molecule has 4 heteroatoms. The van der Waals surface area contributed by atoms with Crippen molar-refractivity contribution in [2.75, 3.05) is 13.1 Å². The highest BCUT2D eigenvalue weighted by Gasteiger charge is 2.41. The van der Waals surface area contributed by atoms with Gasteiger partial charge in [-0.3, -0.25) is 9.59 Å². The van der Waals surface area contributed by atoms with Crippen molar-refractivity contribution in [1.29, 1.82) is 0 Å². The summed E-state index contributed by atoms with van der Waals surface area (Å²) in [6.45, 7) is 4.85. The molecule has 1 N–H and O–H groups in total. The molecule has 1 aliphatic rings. The van der Waals surface area contributed by atoms with E-state index in [9.17, 15) is 9.59 Å². The van der Waals surface area contributed by atoms with Crippen LogP contribution in [0.2, 0.25) is 0 Å². The molecular weight excluding hydrogens is 216 g/mol. The Morgan fingerprint density at radius 1 is 1.41 bits per heavy atom. The molecular formula is C13H20N2O2. The smallest absolute Gasteiger partial charge is 0.248 e. The van der Waals surface area contributed by atoms with Gasteiger partial charge in [-0.2, -0.15) is 0 Å². The van der Waals surface area contributed by atoms with Crippen LogP contribution in [0, 0.1) is 12.3 Å². The molecule has 0 radical (unpaired) electrons. The summed E-state index contributed by atoms with van der Waals surface area (Å²) in [7, 11) is 0. The summed E-state index contributed by atoms with van der Waals surface area (Å²) in [5, 5.41) is 2.87. The first kappa shape index (κ1) is 13.6. The molecule has 2 amide bonds. The van der Waals surface area contributed by atoms with E-state index >= 15 is 0 Å². The summed E-state index contributed by atoms with van der Waals surface area (Å²) in [5.74, 6) is 2.48. The SMILES string of the molecule is C#CCCN1CCC(=O)NC(CC)(CC)C1=O. The number of hydrogen-bond acceptors (Lipinski definition) is 2. The third-order valence-corrected chi connectivity index (χ3v) is 3.42. The molecule has 17 heavy (non-hydrogen) atoms. The van der Waals surface area contributed by atoms with E-state index < -0.39 is 5.54 Å². The standard InChI is InChI=1S/C13H20N2O2/c1-4-7-9-15-10-8-11(16)14-13(5-2,6-3)12(15)17/h1H,5-10H2,2-3H3,(H,14,16). The van der Waals surface area contributed by atoms with Crippen molar-refractivity contribution >= 4 is 11.8 Å². The molecule has 1 saturated heterocycles. The second-order valence-corrected chi connectivity index (χ2v) is 4.33. The first-order valence-corrected chi connectivity index (χ1v) is 6.13. The van der Waals surface area contributed by atoms with Gasteiger partial charge in [0.05, 0.1) is 0 Å². The summed E-state index contributed by atoms with van der Waals surface area (Å²) in [6.07, 6.45) is 7.33. The minimum Gasteiger partial charge on any atom is -0.342 e. The molecule has 0 bridgehead atoms. The van der Waals surface area contributed by atoms with Crippen LogP contribution in [0.15, 0.2) is 0 Å². The van der Waals surface area contributed by atoms with Gasteiger partial charge in [0.1, 0.15) is 5.54 Å². The molecule has 94 valence electrons. The predicted octanol–water partition coefficient (Wildman–Crippen LogP) is 0.917. The summed E-state index contributed by atoms with van der Waals surface area (Å²) < 4.78 is 0. The van der Waals surface area contributed by atoms with Crippen LogP contribution in [0.1, 0.15) is 39.5 Å². The van der Waals surface area contributed by atoms with Crippen LogP contribution in [0.4, 0.5) is 0 Å². The van der Waals surface area contributed by atoms with Gasteiger partial charge in [0, 0.05) is 25.9 Å². The average molecular weight is 236 g/mol. The predicted molar refractivity (Wildman–Crippen MR) is 66.1 cm³/mol. The first-order valence-electron chi connectivity index (χ1n) is 6.13. The second kappa shape index (κ2) is 5.72. The molecule has 0 unspecified atom stereocenters. The van der Waals surface area contributed by atoms with Crippen molar-refractivity contribution < 1.29 is 9.59 Å². The van der Waals surface area contributed by atoms with Crippen LogP contribution < -0.4 is 5.32 Å². The van der Waals surface area contributed by atoms with Gasteiger partial charge in [-0.25, -0.2) is 0 Å². The lowest BCUT2D eigenvalue weighted by atomic mass is 9.91. The fraction of sp³-hybridized carbons (Fsp3) is 0.692. The number of amides is 2. The number of rotatable bonds is 4. The molecule has 0 aromatic carbocycles. The second-order valence-electron chi connectivity index (χ2n) is 4.33. The zero-order valence-corrected chi connectivity index (χ0v) is 10.6. The molecule has 1 rings (SSSR count). The zero-order valence-electron chi connectivity index (χ0n) is 10.6. The van der Waals surface area contributed by atoms with Gasteiger partial charge in [-0.05, 0) is 12.8 Å². The van der Waals surface area contributed by atoms with Crippen molar-refractivity contribution in [2.45, 2.75) is 45.1 Å². The fourth-order valence-electron chi connectivity index (χ4n) is 2.17. The van der Waals surface area contributed by atoms with Gasteiger partial charge >= 0.3 is 0 Å². The minimum atomic E-state index is -0.734. The fourth-order valence-corrected chi connectivity index (χ4v) is 2.17. The summed E-state index contributed by atoms with van der Waals surface area (Å²) >= 11 is 0. The maximum absolute atomic E-state index is 12.4. The van der Waals surface area contributed by atoms with Crippen LogP contribution in [-0.4, -0.2) is 35.3 Å². The first-order chi connectivity index (χ1) is 8.09. The van der Waals surface area contributed by atoms with Gasteiger partial charge in [0.2, 0.25) is 11.8 Å². The van der Waals surface area contributed by atoms with Gasteiger partial charge in [0.15, 0.2) is 0 Å². The van der Waals surface area contributed by atoms with E-state index in [1.807, 2.05) is 13.8 Å². The monoisotopic (exact) mass is 236 g/mol. The van der Waals surface area contributed by atoms with E-state index in [4.69, 9.17) is 6.42 Å². The molecule has 0 aliphatic carbocycles. The van der Waals surface area contributed by atoms with E-state index in [1.54, 1.807) is 4.90 Å². The minimum absolute atomic E-state index is 0.00333. The molecule has 0 aromatic rings. The number of carbonyl (C=O) groups is 2. The summed E-state index contributed by atoms with van der Waals surface area (Å²) in [6, 6.07) is 0. The molecule has 0 aromatic heterocycles. The number of terminal acetylenes is 1. The Kier molecular flexibility index (Phi) is 4.56.